The molecule has 0 aliphatic rings. The van der Waals surface area contributed by atoms with Crippen LogP contribution in [-0.4, -0.2) is 49.2 Å². The Hall–Kier alpha value is -0.890. The highest BCUT2D eigenvalue weighted by molar-refractivity contribution is 5.73. The summed E-state index contributed by atoms with van der Waals surface area (Å²) in [5.41, 5.74) is 0. The highest BCUT2D eigenvalue weighted by Crippen LogP contribution is 2.22. The van der Waals surface area contributed by atoms with Crippen molar-refractivity contribution in [1.29, 1.82) is 0 Å². The summed E-state index contributed by atoms with van der Waals surface area (Å²) < 4.78 is 52.5. The molecule has 0 spiro atoms. The van der Waals surface area contributed by atoms with Crippen molar-refractivity contribution in [3.8, 4) is 0 Å². The smallest absolute Gasteiger partial charge is 0.330 e. The van der Waals surface area contributed by atoms with Gasteiger partial charge in [-0.2, -0.15) is 8.78 Å². The van der Waals surface area contributed by atoms with Crippen molar-refractivity contribution in [3.63, 3.8) is 0 Å². The van der Waals surface area contributed by atoms with Gasteiger partial charge in [-0.1, -0.05) is 6.92 Å². The average molecular weight is 261 g/mol. The van der Waals surface area contributed by atoms with Gasteiger partial charge in [0.05, 0.1) is 0 Å². The first kappa shape index (κ1) is 16.1. The van der Waals surface area contributed by atoms with Crippen molar-refractivity contribution in [3.05, 3.63) is 0 Å². The molecule has 0 aromatic carbocycles. The fourth-order valence-corrected chi connectivity index (χ4v) is 1.03. The zero-order chi connectivity index (χ0) is 13.5. The molecule has 0 amide bonds. The Balaban J connectivity index is 3.86. The molecule has 8 heteroatoms. The Kier molecular flexibility index (Phi) is 7.05. The van der Waals surface area contributed by atoms with Gasteiger partial charge in [0.2, 0.25) is 0 Å². The lowest BCUT2D eigenvalue weighted by molar-refractivity contribution is -0.166. The third kappa shape index (κ3) is 6.42. The first-order valence-corrected chi connectivity index (χ1v) is 5.01. The summed E-state index contributed by atoms with van der Waals surface area (Å²) in [6.45, 7) is 0.335. The molecule has 102 valence electrons. The van der Waals surface area contributed by atoms with Crippen molar-refractivity contribution in [2.45, 2.75) is 31.7 Å². The minimum Gasteiger partial charge on any atom is -0.480 e. The third-order valence-electron chi connectivity index (χ3n) is 1.91. The number of hydrogen-bond acceptors (Lipinski definition) is 3. The van der Waals surface area contributed by atoms with Crippen molar-refractivity contribution in [2.75, 3.05) is 19.8 Å². The Morgan fingerprint density at radius 1 is 1.47 bits per heavy atom. The number of halogens is 4. The Morgan fingerprint density at radius 2 is 2.06 bits per heavy atom. The largest absolute Gasteiger partial charge is 0.480 e. The normalized spacial score (nSPS) is 14.0. The van der Waals surface area contributed by atoms with Crippen molar-refractivity contribution >= 4 is 5.97 Å². The molecule has 1 unspecified atom stereocenters. The van der Waals surface area contributed by atoms with Crippen LogP contribution in [0.4, 0.5) is 17.6 Å². The SMILES string of the molecule is CCNC(CCOCC(F)(F)C(F)F)C(=O)O. The van der Waals surface area contributed by atoms with Crippen LogP contribution in [0.2, 0.25) is 0 Å². The predicted octanol–water partition coefficient (Wildman–Crippen LogP) is 1.36. The van der Waals surface area contributed by atoms with Crippen LogP contribution >= 0.6 is 0 Å². The van der Waals surface area contributed by atoms with Gasteiger partial charge >= 0.3 is 18.3 Å². The van der Waals surface area contributed by atoms with Crippen LogP contribution in [0, 0.1) is 0 Å². The summed E-state index contributed by atoms with van der Waals surface area (Å²) >= 11 is 0. The standard InChI is InChI=1S/C9H15F4NO3/c1-2-14-6(7(15)16)3-4-17-5-9(12,13)8(10)11/h6,8,14H,2-5H2,1H3,(H,15,16). The fourth-order valence-electron chi connectivity index (χ4n) is 1.03. The minimum atomic E-state index is -4.20. The van der Waals surface area contributed by atoms with E-state index in [0.717, 1.165) is 0 Å². The van der Waals surface area contributed by atoms with Gasteiger partial charge in [0, 0.05) is 6.61 Å². The van der Waals surface area contributed by atoms with Crippen LogP contribution in [0.1, 0.15) is 13.3 Å². The van der Waals surface area contributed by atoms with E-state index in [0.29, 0.717) is 6.54 Å². The van der Waals surface area contributed by atoms with Crippen LogP contribution < -0.4 is 5.32 Å². The van der Waals surface area contributed by atoms with Crippen LogP contribution in [0.5, 0.6) is 0 Å². The van der Waals surface area contributed by atoms with Crippen molar-refractivity contribution in [1.82, 2.24) is 5.32 Å². The first-order valence-electron chi connectivity index (χ1n) is 5.01. The second-order valence-electron chi connectivity index (χ2n) is 3.35. The van der Waals surface area contributed by atoms with Crippen molar-refractivity contribution in [2.24, 2.45) is 0 Å². The van der Waals surface area contributed by atoms with Gasteiger partial charge in [-0.25, -0.2) is 8.78 Å². The van der Waals surface area contributed by atoms with Crippen LogP contribution in [0.3, 0.4) is 0 Å². The number of nitrogens with one attached hydrogen (secondary N) is 1. The Labute approximate surface area is 95.9 Å². The molecule has 0 saturated heterocycles. The predicted molar refractivity (Wildman–Crippen MR) is 51.5 cm³/mol. The number of alkyl halides is 4. The van der Waals surface area contributed by atoms with Gasteiger partial charge < -0.3 is 15.2 Å². The van der Waals surface area contributed by atoms with Crippen LogP contribution in [-0.2, 0) is 9.53 Å². The van der Waals surface area contributed by atoms with Gasteiger partial charge in [-0.3, -0.25) is 4.79 Å². The monoisotopic (exact) mass is 261 g/mol. The summed E-state index contributed by atoms with van der Waals surface area (Å²) in [7, 11) is 0. The van der Waals surface area contributed by atoms with E-state index >= 15 is 0 Å². The molecule has 4 nitrogen and oxygen atoms in total. The van der Waals surface area contributed by atoms with E-state index in [4.69, 9.17) is 5.11 Å². The number of carbonyl (C=O) groups is 1. The Morgan fingerprint density at radius 3 is 2.47 bits per heavy atom. The highest BCUT2D eigenvalue weighted by atomic mass is 19.3. The van der Waals surface area contributed by atoms with E-state index in [1.807, 2.05) is 0 Å². The number of hydrogen-bond donors (Lipinski definition) is 2. The van der Waals surface area contributed by atoms with Gasteiger partial charge in [-0.05, 0) is 13.0 Å². The van der Waals surface area contributed by atoms with E-state index in [1.54, 1.807) is 6.92 Å². The molecular formula is C9H15F4NO3. The number of aliphatic carboxylic acids is 1. The first-order chi connectivity index (χ1) is 7.81. The Bertz CT molecular complexity index is 238. The maximum Gasteiger partial charge on any atom is 0.330 e. The fraction of sp³-hybridized carbons (Fsp3) is 0.889. The summed E-state index contributed by atoms with van der Waals surface area (Å²) in [5.74, 6) is -5.34. The minimum absolute atomic E-state index is 0.0670. The number of rotatable bonds is 9. The summed E-state index contributed by atoms with van der Waals surface area (Å²) in [6.07, 6.45) is -3.85. The maximum atomic E-state index is 12.4. The molecule has 0 radical (unpaired) electrons. The molecular weight excluding hydrogens is 246 g/mol. The second-order valence-corrected chi connectivity index (χ2v) is 3.35. The highest BCUT2D eigenvalue weighted by Gasteiger charge is 2.40. The van der Waals surface area contributed by atoms with Crippen molar-refractivity contribution < 1.29 is 32.2 Å². The molecule has 0 bridgehead atoms. The lowest BCUT2D eigenvalue weighted by Gasteiger charge is -2.17. The number of likely N-dealkylation sites (N-methyl/N-ethyl adjacent to an activating group) is 1. The molecule has 0 saturated carbocycles. The summed E-state index contributed by atoms with van der Waals surface area (Å²) in [6, 6.07) is -0.930. The molecule has 0 aliphatic heterocycles. The topological polar surface area (TPSA) is 58.6 Å². The van der Waals surface area contributed by atoms with Crippen LogP contribution in [0.15, 0.2) is 0 Å². The lowest BCUT2D eigenvalue weighted by atomic mass is 10.2. The lowest BCUT2D eigenvalue weighted by Crippen LogP contribution is -2.38. The van der Waals surface area contributed by atoms with Crippen LogP contribution in [0.25, 0.3) is 0 Å². The van der Waals surface area contributed by atoms with Gasteiger partial charge in [0.25, 0.3) is 0 Å². The second kappa shape index (κ2) is 7.44. The van der Waals surface area contributed by atoms with E-state index in [1.165, 1.54) is 0 Å². The van der Waals surface area contributed by atoms with E-state index in [9.17, 15) is 22.4 Å². The number of ether oxygens (including phenoxy) is 1. The molecule has 0 fully saturated rings. The molecule has 2 N–H and O–H groups in total. The molecule has 17 heavy (non-hydrogen) atoms. The molecule has 0 aromatic rings. The van der Waals surface area contributed by atoms with E-state index < -0.39 is 31.0 Å². The summed E-state index contributed by atoms with van der Waals surface area (Å²) in [4.78, 5) is 10.6. The number of carboxylic acid groups (broad SMARTS) is 1. The summed E-state index contributed by atoms with van der Waals surface area (Å²) in [5, 5.41) is 11.3. The zero-order valence-electron chi connectivity index (χ0n) is 9.26. The third-order valence-corrected chi connectivity index (χ3v) is 1.91. The zero-order valence-corrected chi connectivity index (χ0v) is 9.26. The van der Waals surface area contributed by atoms with Gasteiger partial charge in [-0.15, -0.1) is 0 Å². The molecule has 1 atom stereocenters. The molecule has 0 heterocycles. The van der Waals surface area contributed by atoms with E-state index in [2.05, 4.69) is 10.1 Å². The molecule has 0 rings (SSSR count). The van der Waals surface area contributed by atoms with Gasteiger partial charge in [0.1, 0.15) is 12.6 Å². The number of carboxylic acids is 1. The average Bonchev–Trinajstić information content (AvgIpc) is 2.22. The molecule has 0 aromatic heterocycles. The van der Waals surface area contributed by atoms with E-state index in [-0.39, 0.29) is 13.0 Å². The quantitative estimate of drug-likeness (QED) is 0.486. The maximum absolute atomic E-state index is 12.4. The van der Waals surface area contributed by atoms with Gasteiger partial charge in [0.15, 0.2) is 0 Å². The molecule has 0 aliphatic carbocycles.